The Bertz CT molecular complexity index is 113. The summed E-state index contributed by atoms with van der Waals surface area (Å²) in [6.45, 7) is 7.20. The van der Waals surface area contributed by atoms with Crippen LogP contribution in [-0.2, 0) is 4.74 Å². The van der Waals surface area contributed by atoms with Crippen LogP contribution in [0.25, 0.3) is 0 Å². The summed E-state index contributed by atoms with van der Waals surface area (Å²) in [5, 5.41) is 0.793. The number of hydrogen-bond donors (Lipinski definition) is 0. The summed E-state index contributed by atoms with van der Waals surface area (Å²) in [6.07, 6.45) is 1.10. The first-order valence-electron chi connectivity index (χ1n) is 4.30. The Hall–Kier alpha value is 0.730. The molecule has 0 aromatic rings. The summed E-state index contributed by atoms with van der Waals surface area (Å²) < 4.78 is 5.66. The van der Waals surface area contributed by atoms with Crippen LogP contribution < -0.4 is 0 Å². The highest BCUT2D eigenvalue weighted by molar-refractivity contribution is 9.09. The quantitative estimate of drug-likeness (QED) is 0.662. The Morgan fingerprint density at radius 3 is 2.42 bits per heavy atom. The largest absolute Gasteiger partial charge is 0.373 e. The van der Waals surface area contributed by atoms with Gasteiger partial charge in [-0.15, -0.1) is 11.6 Å². The van der Waals surface area contributed by atoms with Gasteiger partial charge in [-0.25, -0.2) is 0 Å². The molecule has 1 atom stereocenters. The van der Waals surface area contributed by atoms with E-state index in [2.05, 4.69) is 29.8 Å². The zero-order valence-electron chi connectivity index (χ0n) is 8.07. The van der Waals surface area contributed by atoms with Crippen molar-refractivity contribution in [2.45, 2.75) is 32.8 Å². The molecule has 0 saturated heterocycles. The van der Waals surface area contributed by atoms with E-state index in [0.717, 1.165) is 18.4 Å². The second-order valence-electron chi connectivity index (χ2n) is 3.75. The van der Waals surface area contributed by atoms with Crippen LogP contribution in [-0.4, -0.2) is 23.4 Å². The molecule has 0 heterocycles. The van der Waals surface area contributed by atoms with Crippen molar-refractivity contribution < 1.29 is 4.74 Å². The first kappa shape index (κ1) is 12.7. The van der Waals surface area contributed by atoms with E-state index in [-0.39, 0.29) is 5.60 Å². The molecule has 1 unspecified atom stereocenters. The average molecular weight is 258 g/mol. The van der Waals surface area contributed by atoms with Gasteiger partial charge in [-0.2, -0.15) is 0 Å². The summed E-state index contributed by atoms with van der Waals surface area (Å²) in [5.74, 6) is 1.23. The van der Waals surface area contributed by atoms with Crippen LogP contribution in [0.4, 0.5) is 0 Å². The van der Waals surface area contributed by atoms with Gasteiger partial charge in [-0.05, 0) is 19.3 Å². The van der Waals surface area contributed by atoms with E-state index in [9.17, 15) is 0 Å². The molecule has 12 heavy (non-hydrogen) atoms. The summed E-state index contributed by atoms with van der Waals surface area (Å²) >= 11 is 9.16. The SMILES string of the molecule is CC(C)CCOC(C)(CCl)CBr. The van der Waals surface area contributed by atoms with Crippen molar-refractivity contribution in [2.75, 3.05) is 17.8 Å². The molecule has 1 nitrogen and oxygen atoms in total. The van der Waals surface area contributed by atoms with E-state index >= 15 is 0 Å². The Morgan fingerprint density at radius 1 is 1.50 bits per heavy atom. The Morgan fingerprint density at radius 2 is 2.08 bits per heavy atom. The van der Waals surface area contributed by atoms with Gasteiger partial charge in [0, 0.05) is 11.9 Å². The van der Waals surface area contributed by atoms with Gasteiger partial charge in [0.1, 0.15) is 0 Å². The van der Waals surface area contributed by atoms with Crippen LogP contribution in [0.3, 0.4) is 0 Å². The predicted molar refractivity (Wildman–Crippen MR) is 58.3 cm³/mol. The van der Waals surface area contributed by atoms with E-state index < -0.39 is 0 Å². The molecule has 0 aliphatic heterocycles. The minimum Gasteiger partial charge on any atom is -0.373 e. The monoisotopic (exact) mass is 256 g/mol. The highest BCUT2D eigenvalue weighted by Gasteiger charge is 2.21. The second kappa shape index (κ2) is 6.22. The summed E-state index contributed by atoms with van der Waals surface area (Å²) in [5.41, 5.74) is -0.198. The first-order chi connectivity index (χ1) is 5.54. The van der Waals surface area contributed by atoms with Gasteiger partial charge in [0.25, 0.3) is 0 Å². The Balaban J connectivity index is 3.58. The molecule has 3 heteroatoms. The van der Waals surface area contributed by atoms with Crippen LogP contribution >= 0.6 is 27.5 Å². The topological polar surface area (TPSA) is 9.23 Å². The van der Waals surface area contributed by atoms with E-state index in [0.29, 0.717) is 11.8 Å². The summed E-state index contributed by atoms with van der Waals surface area (Å²) in [6, 6.07) is 0. The zero-order valence-corrected chi connectivity index (χ0v) is 10.4. The molecule has 0 aliphatic carbocycles. The molecule has 0 radical (unpaired) electrons. The van der Waals surface area contributed by atoms with Crippen molar-refractivity contribution in [2.24, 2.45) is 5.92 Å². The van der Waals surface area contributed by atoms with Gasteiger partial charge in [-0.1, -0.05) is 29.8 Å². The van der Waals surface area contributed by atoms with Crippen LogP contribution in [0.15, 0.2) is 0 Å². The molecular weight excluding hydrogens is 239 g/mol. The molecule has 0 aliphatic rings. The molecule has 0 saturated carbocycles. The minimum atomic E-state index is -0.198. The smallest absolute Gasteiger partial charge is 0.0885 e. The average Bonchev–Trinajstić information content (AvgIpc) is 2.03. The standard InChI is InChI=1S/C9H18BrClO/c1-8(2)4-5-12-9(3,6-10)7-11/h8H,4-7H2,1-3H3. The third kappa shape index (κ3) is 5.39. The van der Waals surface area contributed by atoms with Crippen molar-refractivity contribution in [3.63, 3.8) is 0 Å². The third-order valence-corrected chi connectivity index (χ3v) is 3.46. The molecule has 0 amide bonds. The molecule has 74 valence electrons. The fourth-order valence-electron chi connectivity index (χ4n) is 0.654. The van der Waals surface area contributed by atoms with Gasteiger partial charge in [-0.3, -0.25) is 0 Å². The third-order valence-electron chi connectivity index (χ3n) is 1.71. The first-order valence-corrected chi connectivity index (χ1v) is 5.95. The lowest BCUT2D eigenvalue weighted by molar-refractivity contribution is -0.000602. The summed E-state index contributed by atoms with van der Waals surface area (Å²) in [7, 11) is 0. The fourth-order valence-corrected chi connectivity index (χ4v) is 1.41. The molecule has 0 aromatic carbocycles. The van der Waals surface area contributed by atoms with Gasteiger partial charge < -0.3 is 4.74 Å². The van der Waals surface area contributed by atoms with E-state index in [4.69, 9.17) is 16.3 Å². The van der Waals surface area contributed by atoms with Crippen LogP contribution in [0.2, 0.25) is 0 Å². The fraction of sp³-hybridized carbons (Fsp3) is 1.00. The van der Waals surface area contributed by atoms with Gasteiger partial charge in [0.05, 0.1) is 11.5 Å². The van der Waals surface area contributed by atoms with Gasteiger partial charge >= 0.3 is 0 Å². The molecule has 0 spiro atoms. The number of ether oxygens (including phenoxy) is 1. The molecule has 0 rings (SSSR count). The van der Waals surface area contributed by atoms with Gasteiger partial charge in [0.2, 0.25) is 0 Å². The van der Waals surface area contributed by atoms with Crippen LogP contribution in [0, 0.1) is 5.92 Å². The number of rotatable bonds is 6. The molecule has 0 aromatic heterocycles. The lowest BCUT2D eigenvalue weighted by Crippen LogP contribution is -2.33. The lowest BCUT2D eigenvalue weighted by Gasteiger charge is -2.25. The van der Waals surface area contributed by atoms with E-state index in [1.54, 1.807) is 0 Å². The normalized spacial score (nSPS) is 16.5. The van der Waals surface area contributed by atoms with Crippen molar-refractivity contribution in [3.8, 4) is 0 Å². The Labute approximate surface area is 88.9 Å². The highest BCUT2D eigenvalue weighted by atomic mass is 79.9. The second-order valence-corrected chi connectivity index (χ2v) is 4.58. The number of alkyl halides is 2. The van der Waals surface area contributed by atoms with Crippen molar-refractivity contribution in [1.29, 1.82) is 0 Å². The lowest BCUT2D eigenvalue weighted by atomic mass is 10.1. The zero-order chi connectivity index (χ0) is 9.61. The van der Waals surface area contributed by atoms with Crippen molar-refractivity contribution in [3.05, 3.63) is 0 Å². The summed E-state index contributed by atoms with van der Waals surface area (Å²) in [4.78, 5) is 0. The maximum atomic E-state index is 5.77. The van der Waals surface area contributed by atoms with E-state index in [1.165, 1.54) is 0 Å². The number of halogens is 2. The maximum Gasteiger partial charge on any atom is 0.0885 e. The molecular formula is C9H18BrClO. The van der Waals surface area contributed by atoms with Gasteiger partial charge in [0.15, 0.2) is 0 Å². The minimum absolute atomic E-state index is 0.198. The van der Waals surface area contributed by atoms with Crippen molar-refractivity contribution >= 4 is 27.5 Å². The van der Waals surface area contributed by atoms with E-state index in [1.807, 2.05) is 6.92 Å². The maximum absolute atomic E-state index is 5.77. The molecule has 0 fully saturated rings. The Kier molecular flexibility index (Phi) is 6.60. The molecule has 0 N–H and O–H groups in total. The number of hydrogen-bond acceptors (Lipinski definition) is 1. The van der Waals surface area contributed by atoms with Crippen molar-refractivity contribution in [1.82, 2.24) is 0 Å². The van der Waals surface area contributed by atoms with Crippen LogP contribution in [0.5, 0.6) is 0 Å². The van der Waals surface area contributed by atoms with Crippen LogP contribution in [0.1, 0.15) is 27.2 Å². The predicted octanol–water partition coefficient (Wildman–Crippen LogP) is 3.44. The molecule has 0 bridgehead atoms. The highest BCUT2D eigenvalue weighted by Crippen LogP contribution is 2.16.